The molecule has 0 bridgehead atoms. The van der Waals surface area contributed by atoms with Crippen LogP contribution >= 0.6 is 11.3 Å². The quantitative estimate of drug-likeness (QED) is 0.738. The van der Waals surface area contributed by atoms with E-state index in [0.717, 1.165) is 33.9 Å². The van der Waals surface area contributed by atoms with E-state index in [2.05, 4.69) is 24.4 Å². The molecule has 0 saturated heterocycles. The van der Waals surface area contributed by atoms with E-state index < -0.39 is 5.91 Å². The van der Waals surface area contributed by atoms with Gasteiger partial charge in [-0.2, -0.15) is 0 Å². The molecule has 4 rings (SSSR count). The summed E-state index contributed by atoms with van der Waals surface area (Å²) in [4.78, 5) is 27.4. The highest BCUT2D eigenvalue weighted by atomic mass is 32.1. The SMILES string of the molecule is CC1CC=C(C(N)=O)C=CC2=C1CCN(C(=O)Nc1ccc(-c3ccccc3)s1)C2. The summed E-state index contributed by atoms with van der Waals surface area (Å²) >= 11 is 1.57. The van der Waals surface area contributed by atoms with Crippen LogP contribution in [0, 0.1) is 5.92 Å². The van der Waals surface area contributed by atoms with Crippen LogP contribution in [0.1, 0.15) is 19.8 Å². The number of amides is 3. The Morgan fingerprint density at radius 1 is 1.13 bits per heavy atom. The number of rotatable bonds is 3. The van der Waals surface area contributed by atoms with Crippen LogP contribution in [0.3, 0.4) is 0 Å². The third-order valence-corrected chi connectivity index (χ3v) is 6.69. The molecule has 1 aliphatic heterocycles. The summed E-state index contributed by atoms with van der Waals surface area (Å²) in [6.07, 6.45) is 7.25. The number of nitrogens with zero attached hydrogens (tertiary/aromatic N) is 1. The lowest BCUT2D eigenvalue weighted by Crippen LogP contribution is -2.40. The number of carbonyl (C=O) groups is 2. The van der Waals surface area contributed by atoms with Crippen LogP contribution in [0.4, 0.5) is 9.80 Å². The molecule has 2 aliphatic rings. The topological polar surface area (TPSA) is 75.4 Å². The summed E-state index contributed by atoms with van der Waals surface area (Å²) in [5.74, 6) is -0.0879. The van der Waals surface area contributed by atoms with Crippen molar-refractivity contribution in [2.75, 3.05) is 18.4 Å². The molecule has 5 nitrogen and oxygen atoms in total. The Labute approximate surface area is 180 Å². The Morgan fingerprint density at radius 3 is 2.70 bits per heavy atom. The lowest BCUT2D eigenvalue weighted by atomic mass is 9.85. The van der Waals surface area contributed by atoms with Gasteiger partial charge in [0.05, 0.1) is 5.00 Å². The summed E-state index contributed by atoms with van der Waals surface area (Å²) in [6.45, 7) is 3.38. The third kappa shape index (κ3) is 4.39. The maximum absolute atomic E-state index is 12.9. The summed E-state index contributed by atoms with van der Waals surface area (Å²) in [5.41, 5.74) is 9.59. The fourth-order valence-electron chi connectivity index (χ4n) is 3.93. The fraction of sp³-hybridized carbons (Fsp3) is 0.250. The molecule has 0 fully saturated rings. The van der Waals surface area contributed by atoms with E-state index in [9.17, 15) is 9.59 Å². The number of benzene rings is 1. The molecule has 1 aromatic heterocycles. The minimum Gasteiger partial charge on any atom is -0.366 e. The number of anilines is 1. The minimum absolute atomic E-state index is 0.100. The summed E-state index contributed by atoms with van der Waals surface area (Å²) in [7, 11) is 0. The van der Waals surface area contributed by atoms with Crippen LogP contribution in [0.25, 0.3) is 10.4 Å². The second kappa shape index (κ2) is 8.71. The van der Waals surface area contributed by atoms with Gasteiger partial charge in [0.15, 0.2) is 0 Å². The van der Waals surface area contributed by atoms with Crippen molar-refractivity contribution in [2.24, 2.45) is 11.7 Å². The lowest BCUT2D eigenvalue weighted by molar-refractivity contribution is -0.114. The number of allylic oxidation sites excluding steroid dienone is 1. The Balaban J connectivity index is 1.46. The first-order valence-electron chi connectivity index (χ1n) is 10.1. The van der Waals surface area contributed by atoms with Crippen molar-refractivity contribution >= 4 is 28.3 Å². The number of urea groups is 1. The van der Waals surface area contributed by atoms with Crippen LogP contribution in [0.2, 0.25) is 0 Å². The average molecular weight is 420 g/mol. The minimum atomic E-state index is -0.417. The molecule has 1 unspecified atom stereocenters. The fourth-order valence-corrected chi connectivity index (χ4v) is 4.83. The normalized spacial score (nSPS) is 18.9. The molecule has 0 saturated carbocycles. The van der Waals surface area contributed by atoms with E-state index >= 15 is 0 Å². The van der Waals surface area contributed by atoms with Gasteiger partial charge in [-0.15, -0.1) is 11.3 Å². The zero-order chi connectivity index (χ0) is 21.1. The highest BCUT2D eigenvalue weighted by Crippen LogP contribution is 2.33. The Bertz CT molecular complexity index is 1050. The smallest absolute Gasteiger partial charge is 0.322 e. The Morgan fingerprint density at radius 2 is 1.93 bits per heavy atom. The lowest BCUT2D eigenvalue weighted by Gasteiger charge is -2.32. The molecule has 2 aromatic rings. The predicted octanol–water partition coefficient (Wildman–Crippen LogP) is 4.96. The standard InChI is InChI=1S/C24H25N3O2S/c1-16-7-8-18(23(25)28)9-10-19-15-27(14-13-20(16)19)24(29)26-22-12-11-21(30-22)17-5-3-2-4-6-17/h2-6,8-12,16H,7,13-15H2,1H3,(H2,25,28)(H,26,29). The van der Waals surface area contributed by atoms with Gasteiger partial charge in [-0.1, -0.05) is 55.0 Å². The van der Waals surface area contributed by atoms with Crippen LogP contribution in [-0.2, 0) is 4.79 Å². The van der Waals surface area contributed by atoms with Gasteiger partial charge in [0.25, 0.3) is 0 Å². The van der Waals surface area contributed by atoms with E-state index in [0.29, 0.717) is 24.6 Å². The number of carbonyl (C=O) groups excluding carboxylic acids is 2. The molecule has 1 aromatic carbocycles. The molecule has 154 valence electrons. The van der Waals surface area contributed by atoms with Crippen LogP contribution in [-0.4, -0.2) is 29.9 Å². The number of thiophene rings is 1. The maximum Gasteiger partial charge on any atom is 0.322 e. The molecular weight excluding hydrogens is 394 g/mol. The molecule has 1 aliphatic carbocycles. The number of primary amides is 1. The van der Waals surface area contributed by atoms with Gasteiger partial charge < -0.3 is 10.6 Å². The van der Waals surface area contributed by atoms with E-state index in [-0.39, 0.29) is 6.03 Å². The van der Waals surface area contributed by atoms with Crippen molar-refractivity contribution in [2.45, 2.75) is 19.8 Å². The van der Waals surface area contributed by atoms with E-state index in [1.165, 1.54) is 5.57 Å². The highest BCUT2D eigenvalue weighted by Gasteiger charge is 2.25. The van der Waals surface area contributed by atoms with Crippen molar-refractivity contribution in [3.63, 3.8) is 0 Å². The second-order valence-electron chi connectivity index (χ2n) is 7.68. The molecule has 3 amide bonds. The summed E-state index contributed by atoms with van der Waals surface area (Å²) in [5, 5.41) is 3.87. The Hall–Kier alpha value is -3.12. The number of hydrogen-bond donors (Lipinski definition) is 2. The molecule has 30 heavy (non-hydrogen) atoms. The monoisotopic (exact) mass is 419 g/mol. The first-order chi connectivity index (χ1) is 14.5. The van der Waals surface area contributed by atoms with Crippen molar-refractivity contribution in [3.8, 4) is 10.4 Å². The van der Waals surface area contributed by atoms with Gasteiger partial charge in [0.1, 0.15) is 0 Å². The molecule has 3 N–H and O–H groups in total. The summed E-state index contributed by atoms with van der Waals surface area (Å²) < 4.78 is 0. The van der Waals surface area contributed by atoms with E-state index in [1.807, 2.05) is 47.4 Å². The van der Waals surface area contributed by atoms with Crippen molar-refractivity contribution < 1.29 is 9.59 Å². The molecule has 6 heteroatoms. The largest absolute Gasteiger partial charge is 0.366 e. The molecule has 2 heterocycles. The highest BCUT2D eigenvalue weighted by molar-refractivity contribution is 7.19. The number of hydrogen-bond acceptors (Lipinski definition) is 3. The van der Waals surface area contributed by atoms with Gasteiger partial charge >= 0.3 is 6.03 Å². The van der Waals surface area contributed by atoms with Crippen molar-refractivity contribution in [3.05, 3.63) is 77.4 Å². The second-order valence-corrected chi connectivity index (χ2v) is 8.76. The van der Waals surface area contributed by atoms with Crippen LogP contribution < -0.4 is 11.1 Å². The van der Waals surface area contributed by atoms with Gasteiger partial charge in [-0.3, -0.25) is 10.1 Å². The average Bonchev–Trinajstić information content (AvgIpc) is 3.20. The van der Waals surface area contributed by atoms with Crippen molar-refractivity contribution in [1.82, 2.24) is 4.90 Å². The molecule has 1 atom stereocenters. The van der Waals surface area contributed by atoms with Gasteiger partial charge in [0, 0.05) is 23.5 Å². The first kappa shape index (κ1) is 20.2. The first-order valence-corrected chi connectivity index (χ1v) is 10.9. The molecule has 0 spiro atoms. The van der Waals surface area contributed by atoms with E-state index in [1.54, 1.807) is 17.4 Å². The number of nitrogens with one attached hydrogen (secondary N) is 1. The maximum atomic E-state index is 12.9. The zero-order valence-corrected chi connectivity index (χ0v) is 17.7. The van der Waals surface area contributed by atoms with Crippen LogP contribution in [0.15, 0.2) is 77.4 Å². The predicted molar refractivity (Wildman–Crippen MR) is 122 cm³/mol. The number of nitrogens with two attached hydrogens (primary N) is 1. The zero-order valence-electron chi connectivity index (χ0n) is 16.9. The van der Waals surface area contributed by atoms with Crippen molar-refractivity contribution in [1.29, 1.82) is 0 Å². The van der Waals surface area contributed by atoms with E-state index in [4.69, 9.17) is 5.73 Å². The van der Waals surface area contributed by atoms with Crippen LogP contribution in [0.5, 0.6) is 0 Å². The molecular formula is C24H25N3O2S. The Kier molecular flexibility index (Phi) is 5.86. The van der Waals surface area contributed by atoms with Gasteiger partial charge in [0.2, 0.25) is 5.91 Å². The third-order valence-electron chi connectivity index (χ3n) is 5.64. The van der Waals surface area contributed by atoms with Gasteiger partial charge in [-0.05, 0) is 48.1 Å². The van der Waals surface area contributed by atoms with Gasteiger partial charge in [-0.25, -0.2) is 4.79 Å². The molecule has 0 radical (unpaired) electrons. The summed E-state index contributed by atoms with van der Waals surface area (Å²) in [6, 6.07) is 14.0.